The van der Waals surface area contributed by atoms with Gasteiger partial charge in [0.2, 0.25) is 10.0 Å². The van der Waals surface area contributed by atoms with E-state index in [4.69, 9.17) is 4.74 Å². The molecule has 7 heteroatoms. The quantitative estimate of drug-likeness (QED) is 0.714. The van der Waals surface area contributed by atoms with E-state index in [2.05, 4.69) is 4.99 Å². The van der Waals surface area contributed by atoms with Gasteiger partial charge in [-0.2, -0.15) is 4.31 Å². The highest BCUT2D eigenvalue weighted by Gasteiger charge is 2.26. The largest absolute Gasteiger partial charge is 0.507 e. The van der Waals surface area contributed by atoms with Crippen LogP contribution in [0.4, 0.5) is 5.69 Å². The Labute approximate surface area is 154 Å². The fourth-order valence-corrected chi connectivity index (χ4v) is 4.11. The molecule has 0 spiro atoms. The molecule has 6 nitrogen and oxygen atoms in total. The molecule has 0 atom stereocenters. The first-order valence-corrected chi connectivity index (χ1v) is 9.97. The second-order valence-electron chi connectivity index (χ2n) is 5.47. The molecule has 0 radical (unpaired) electrons. The average Bonchev–Trinajstić information content (AvgIpc) is 2.63. The van der Waals surface area contributed by atoms with Crippen LogP contribution in [0.5, 0.6) is 11.5 Å². The van der Waals surface area contributed by atoms with Gasteiger partial charge in [-0.15, -0.1) is 0 Å². The summed E-state index contributed by atoms with van der Waals surface area (Å²) in [5.74, 6) is 0.416. The molecule has 1 N–H and O–H groups in total. The molecule has 0 aliphatic carbocycles. The van der Waals surface area contributed by atoms with Crippen LogP contribution < -0.4 is 4.74 Å². The van der Waals surface area contributed by atoms with Crippen molar-refractivity contribution in [2.24, 2.45) is 4.99 Å². The third-order valence-electron chi connectivity index (χ3n) is 3.84. The summed E-state index contributed by atoms with van der Waals surface area (Å²) in [7, 11) is -3.68. The van der Waals surface area contributed by atoms with Gasteiger partial charge in [0.25, 0.3) is 0 Å². The van der Waals surface area contributed by atoms with Gasteiger partial charge in [-0.05, 0) is 37.3 Å². The van der Waals surface area contributed by atoms with Crippen molar-refractivity contribution in [3.63, 3.8) is 0 Å². The van der Waals surface area contributed by atoms with Crippen molar-refractivity contribution in [1.29, 1.82) is 0 Å². The molecule has 0 bridgehead atoms. The molecular formula is C19H24N2O4S. The van der Waals surface area contributed by atoms with E-state index < -0.39 is 10.0 Å². The number of rotatable bonds is 8. The van der Waals surface area contributed by atoms with E-state index in [1.165, 1.54) is 16.6 Å². The lowest BCUT2D eigenvalue weighted by atomic mass is 10.2. The van der Waals surface area contributed by atoms with E-state index in [0.717, 1.165) is 0 Å². The van der Waals surface area contributed by atoms with E-state index in [1.54, 1.807) is 57.2 Å². The maximum absolute atomic E-state index is 12.9. The molecule has 0 amide bonds. The minimum Gasteiger partial charge on any atom is -0.507 e. The Morgan fingerprint density at radius 1 is 1.12 bits per heavy atom. The van der Waals surface area contributed by atoms with Gasteiger partial charge < -0.3 is 9.84 Å². The fourth-order valence-electron chi connectivity index (χ4n) is 2.50. The smallest absolute Gasteiger partial charge is 0.246 e. The summed E-state index contributed by atoms with van der Waals surface area (Å²) in [6, 6.07) is 11.6. The minimum absolute atomic E-state index is 0.0926. The number of hydrogen-bond donors (Lipinski definition) is 1. The first-order chi connectivity index (χ1) is 12.4. The monoisotopic (exact) mass is 376 g/mol. The second-order valence-corrected chi connectivity index (χ2v) is 7.38. The van der Waals surface area contributed by atoms with Crippen LogP contribution in [-0.2, 0) is 10.0 Å². The van der Waals surface area contributed by atoms with Crippen LogP contribution in [-0.4, -0.2) is 43.7 Å². The van der Waals surface area contributed by atoms with Crippen LogP contribution in [0.1, 0.15) is 26.3 Å². The summed E-state index contributed by atoms with van der Waals surface area (Å²) in [5.41, 5.74) is 1.01. The number of ether oxygens (including phenoxy) is 1. The summed E-state index contributed by atoms with van der Waals surface area (Å²) in [5, 5.41) is 9.81. The number of aliphatic imine (C=N–C) groups is 1. The summed E-state index contributed by atoms with van der Waals surface area (Å²) >= 11 is 0. The predicted molar refractivity (Wildman–Crippen MR) is 103 cm³/mol. The molecule has 0 heterocycles. The van der Waals surface area contributed by atoms with Crippen LogP contribution in [0.25, 0.3) is 0 Å². The number of sulfonamides is 1. The highest BCUT2D eigenvalue weighted by molar-refractivity contribution is 7.89. The number of hydrogen-bond acceptors (Lipinski definition) is 5. The molecule has 2 aromatic carbocycles. The molecule has 0 fully saturated rings. The average molecular weight is 376 g/mol. The van der Waals surface area contributed by atoms with Crippen LogP contribution in [0.3, 0.4) is 0 Å². The molecule has 140 valence electrons. The van der Waals surface area contributed by atoms with E-state index in [-0.39, 0.29) is 10.6 Å². The third kappa shape index (κ3) is 4.42. The molecule has 0 saturated carbocycles. The summed E-state index contributed by atoms with van der Waals surface area (Å²) < 4.78 is 32.7. The molecule has 26 heavy (non-hydrogen) atoms. The molecular weight excluding hydrogens is 352 g/mol. The number of aromatic hydroxyl groups is 1. The van der Waals surface area contributed by atoms with Gasteiger partial charge in [0.15, 0.2) is 0 Å². The molecule has 0 saturated heterocycles. The Hall–Kier alpha value is -2.38. The standard InChI is InChI=1S/C19H24N2O4S/c1-4-21(5-2)26(23,24)19-13-16(11-12-18(19)25-6-3)20-14-15-9-7-8-10-17(15)22/h7-14,22H,4-6H2,1-3H3. The van der Waals surface area contributed by atoms with E-state index >= 15 is 0 Å². The highest BCUT2D eigenvalue weighted by atomic mass is 32.2. The first-order valence-electron chi connectivity index (χ1n) is 8.53. The van der Waals surface area contributed by atoms with Gasteiger partial charge in [-0.25, -0.2) is 8.42 Å². The third-order valence-corrected chi connectivity index (χ3v) is 5.91. The maximum atomic E-state index is 12.9. The van der Waals surface area contributed by atoms with Gasteiger partial charge in [-0.3, -0.25) is 4.99 Å². The van der Waals surface area contributed by atoms with Gasteiger partial charge in [0, 0.05) is 24.9 Å². The lowest BCUT2D eigenvalue weighted by Crippen LogP contribution is -2.30. The minimum atomic E-state index is -3.68. The van der Waals surface area contributed by atoms with Gasteiger partial charge >= 0.3 is 0 Å². The number of phenols is 1. The Kier molecular flexibility index (Phi) is 6.76. The zero-order valence-corrected chi connectivity index (χ0v) is 16.0. The van der Waals surface area contributed by atoms with Crippen molar-refractivity contribution in [3.8, 4) is 11.5 Å². The van der Waals surface area contributed by atoms with E-state index in [9.17, 15) is 13.5 Å². The summed E-state index contributed by atoms with van der Waals surface area (Å²) in [4.78, 5) is 4.39. The van der Waals surface area contributed by atoms with Gasteiger partial charge in [-0.1, -0.05) is 26.0 Å². The zero-order chi connectivity index (χ0) is 19.2. The van der Waals surface area contributed by atoms with Crippen LogP contribution in [0.15, 0.2) is 52.4 Å². The molecule has 0 aromatic heterocycles. The Morgan fingerprint density at radius 2 is 1.81 bits per heavy atom. The Morgan fingerprint density at radius 3 is 2.42 bits per heavy atom. The van der Waals surface area contributed by atoms with Gasteiger partial charge in [0.05, 0.1) is 12.3 Å². The molecule has 2 aromatic rings. The van der Waals surface area contributed by atoms with E-state index in [0.29, 0.717) is 36.7 Å². The number of phenolic OH excluding ortho intramolecular Hbond substituents is 1. The van der Waals surface area contributed by atoms with Crippen molar-refractivity contribution in [2.75, 3.05) is 19.7 Å². The van der Waals surface area contributed by atoms with E-state index in [1.807, 2.05) is 0 Å². The second kappa shape index (κ2) is 8.82. The number of nitrogens with zero attached hydrogens (tertiary/aromatic N) is 2. The molecule has 0 aliphatic rings. The Bertz CT molecular complexity index is 875. The van der Waals surface area contributed by atoms with Crippen LogP contribution in [0, 0.1) is 0 Å². The Balaban J connectivity index is 2.47. The zero-order valence-electron chi connectivity index (χ0n) is 15.2. The summed E-state index contributed by atoms with van der Waals surface area (Å²) in [6.07, 6.45) is 1.50. The number of para-hydroxylation sites is 1. The SMILES string of the molecule is CCOc1ccc(N=Cc2ccccc2O)cc1S(=O)(=O)N(CC)CC. The fraction of sp³-hybridized carbons (Fsp3) is 0.316. The summed E-state index contributed by atoms with van der Waals surface area (Å²) in [6.45, 7) is 6.49. The van der Waals surface area contributed by atoms with Crippen molar-refractivity contribution in [3.05, 3.63) is 48.0 Å². The first kappa shape index (κ1) is 19.9. The number of benzene rings is 2. The van der Waals surface area contributed by atoms with Crippen molar-refractivity contribution in [1.82, 2.24) is 4.31 Å². The van der Waals surface area contributed by atoms with Crippen molar-refractivity contribution in [2.45, 2.75) is 25.7 Å². The van der Waals surface area contributed by atoms with Gasteiger partial charge in [0.1, 0.15) is 16.4 Å². The molecule has 2 rings (SSSR count). The topological polar surface area (TPSA) is 79.2 Å². The normalized spacial score (nSPS) is 12.0. The lowest BCUT2D eigenvalue weighted by molar-refractivity contribution is 0.329. The maximum Gasteiger partial charge on any atom is 0.246 e. The van der Waals surface area contributed by atoms with Crippen LogP contribution >= 0.6 is 0 Å². The van der Waals surface area contributed by atoms with Crippen LogP contribution in [0.2, 0.25) is 0 Å². The highest BCUT2D eigenvalue weighted by Crippen LogP contribution is 2.31. The van der Waals surface area contributed by atoms with Crippen molar-refractivity contribution < 1.29 is 18.3 Å². The predicted octanol–water partition coefficient (Wildman–Crippen LogP) is 3.57. The van der Waals surface area contributed by atoms with Crippen molar-refractivity contribution >= 4 is 21.9 Å². The molecule has 0 aliphatic heterocycles. The lowest BCUT2D eigenvalue weighted by Gasteiger charge is -2.20. The molecule has 0 unspecified atom stereocenters.